The average Bonchev–Trinajstić information content (AvgIpc) is 2.90. The first-order chi connectivity index (χ1) is 14.8. The van der Waals surface area contributed by atoms with Gasteiger partial charge in [-0.1, -0.05) is 43.9 Å². The highest BCUT2D eigenvalue weighted by Crippen LogP contribution is 2.36. The van der Waals surface area contributed by atoms with Gasteiger partial charge < -0.3 is 18.9 Å². The van der Waals surface area contributed by atoms with Gasteiger partial charge in [0.05, 0.1) is 11.2 Å². The Kier molecular flexibility index (Phi) is 7.24. The number of rotatable bonds is 8. The van der Waals surface area contributed by atoms with Crippen LogP contribution in [-0.4, -0.2) is 68.0 Å². The van der Waals surface area contributed by atoms with Crippen LogP contribution in [0.15, 0.2) is 24.3 Å². The number of hydrogen-bond acceptors (Lipinski definition) is 5. The molecule has 0 saturated carbocycles. The zero-order valence-corrected chi connectivity index (χ0v) is 21.6. The van der Waals surface area contributed by atoms with E-state index in [4.69, 9.17) is 14.0 Å². The van der Waals surface area contributed by atoms with Crippen LogP contribution < -0.4 is 5.46 Å². The van der Waals surface area contributed by atoms with Crippen LogP contribution in [0.25, 0.3) is 0 Å². The fraction of sp³-hybridized carbons (Fsp3) is 0.652. The molecule has 0 bridgehead atoms. The molecule has 9 heteroatoms. The molecule has 2 aliphatic heterocycles. The number of hydrogen-bond donors (Lipinski definition) is 0. The van der Waals surface area contributed by atoms with E-state index in [1.807, 2.05) is 52.0 Å². The molecule has 0 radical (unpaired) electrons. The van der Waals surface area contributed by atoms with Crippen molar-refractivity contribution in [1.82, 2.24) is 9.80 Å². The lowest BCUT2D eigenvalue weighted by Crippen LogP contribution is -2.52. The van der Waals surface area contributed by atoms with E-state index in [9.17, 15) is 9.59 Å². The van der Waals surface area contributed by atoms with Crippen LogP contribution in [0.3, 0.4) is 0 Å². The van der Waals surface area contributed by atoms with Crippen LogP contribution in [-0.2, 0) is 25.4 Å². The molecule has 0 aromatic heterocycles. The Labute approximate surface area is 193 Å². The first-order valence-corrected chi connectivity index (χ1v) is 15.1. The van der Waals surface area contributed by atoms with Crippen molar-refractivity contribution >= 4 is 32.6 Å². The minimum Gasteiger partial charge on any atom is -0.399 e. The SMILES string of the molecule is CC1(C)OB(c2cccc(CN3CCC(=O)N(COCC[Si](C)(C)C)C3=O)c2)OC1(C)C. The quantitative estimate of drug-likeness (QED) is 0.439. The second-order valence-electron chi connectivity index (χ2n) is 11.0. The second kappa shape index (κ2) is 9.29. The number of nitrogens with zero attached hydrogens (tertiary/aromatic N) is 2. The molecule has 3 amide bonds. The monoisotopic (exact) mass is 460 g/mol. The van der Waals surface area contributed by atoms with Gasteiger partial charge in [-0.25, -0.2) is 9.69 Å². The number of ether oxygens (including phenoxy) is 1. The van der Waals surface area contributed by atoms with Crippen LogP contribution in [0.4, 0.5) is 4.79 Å². The highest BCUT2D eigenvalue weighted by Gasteiger charge is 2.51. The van der Waals surface area contributed by atoms with Crippen molar-refractivity contribution in [3.63, 3.8) is 0 Å². The van der Waals surface area contributed by atoms with Crippen LogP contribution in [0.5, 0.6) is 0 Å². The van der Waals surface area contributed by atoms with Crippen LogP contribution in [0.2, 0.25) is 25.7 Å². The topological polar surface area (TPSA) is 68.3 Å². The van der Waals surface area contributed by atoms with Crippen LogP contribution >= 0.6 is 0 Å². The third kappa shape index (κ3) is 5.81. The Hall–Kier alpha value is -1.68. The summed E-state index contributed by atoms with van der Waals surface area (Å²) in [5, 5.41) is 0. The lowest BCUT2D eigenvalue weighted by Gasteiger charge is -2.34. The van der Waals surface area contributed by atoms with E-state index in [2.05, 4.69) is 19.6 Å². The Bertz CT molecular complexity index is 839. The molecule has 7 nitrogen and oxygen atoms in total. The standard InChI is InChI=1S/C23H37BN2O5Si/c1-22(2)23(3,4)31-24(30-22)19-10-8-9-18(15-19)16-25-12-11-20(27)26(21(25)28)17-29-13-14-32(5,6)7/h8-10,15H,11-14,16-17H2,1-7H3. The van der Waals surface area contributed by atoms with Gasteiger partial charge in [-0.15, -0.1) is 0 Å². The Balaban J connectivity index is 1.63. The number of amides is 3. The van der Waals surface area contributed by atoms with E-state index in [1.54, 1.807) is 4.90 Å². The second-order valence-corrected chi connectivity index (χ2v) is 16.6. The fourth-order valence-corrected chi connectivity index (χ4v) is 4.34. The summed E-state index contributed by atoms with van der Waals surface area (Å²) < 4.78 is 18.0. The Morgan fingerprint density at radius 2 is 1.75 bits per heavy atom. The van der Waals surface area contributed by atoms with Gasteiger partial charge in [-0.2, -0.15) is 0 Å². The zero-order valence-electron chi connectivity index (χ0n) is 20.6. The summed E-state index contributed by atoms with van der Waals surface area (Å²) in [4.78, 5) is 28.2. The first-order valence-electron chi connectivity index (χ1n) is 11.4. The molecular weight excluding hydrogens is 423 g/mol. The third-order valence-corrected chi connectivity index (χ3v) is 8.17. The molecule has 2 saturated heterocycles. The number of imide groups is 1. The van der Waals surface area contributed by atoms with Gasteiger partial charge in [0.15, 0.2) is 0 Å². The molecule has 0 aliphatic carbocycles. The summed E-state index contributed by atoms with van der Waals surface area (Å²) in [5.74, 6) is -0.176. The number of benzene rings is 1. The molecule has 0 atom stereocenters. The largest absolute Gasteiger partial charge is 0.494 e. The molecule has 32 heavy (non-hydrogen) atoms. The fourth-order valence-electron chi connectivity index (χ4n) is 3.58. The number of carbonyl (C=O) groups excluding carboxylic acids is 2. The van der Waals surface area contributed by atoms with E-state index < -0.39 is 26.4 Å². The van der Waals surface area contributed by atoms with E-state index >= 15 is 0 Å². The van der Waals surface area contributed by atoms with Crippen molar-refractivity contribution in [3.8, 4) is 0 Å². The molecule has 2 fully saturated rings. The van der Waals surface area contributed by atoms with Crippen LogP contribution in [0.1, 0.15) is 39.7 Å². The lowest BCUT2D eigenvalue weighted by atomic mass is 9.78. The Morgan fingerprint density at radius 3 is 2.38 bits per heavy atom. The normalized spacial score (nSPS) is 20.9. The molecule has 3 rings (SSSR count). The van der Waals surface area contributed by atoms with Crippen molar-refractivity contribution in [2.75, 3.05) is 19.9 Å². The van der Waals surface area contributed by atoms with Crippen molar-refractivity contribution < 1.29 is 23.6 Å². The maximum Gasteiger partial charge on any atom is 0.494 e. The Morgan fingerprint density at radius 1 is 1.09 bits per heavy atom. The van der Waals surface area contributed by atoms with Crippen LogP contribution in [0, 0.1) is 0 Å². The summed E-state index contributed by atoms with van der Waals surface area (Å²) in [5.41, 5.74) is 1.08. The molecule has 0 unspecified atom stereocenters. The summed E-state index contributed by atoms with van der Waals surface area (Å²) >= 11 is 0. The van der Waals surface area contributed by atoms with Crippen molar-refractivity contribution in [3.05, 3.63) is 29.8 Å². The zero-order chi connectivity index (χ0) is 23.7. The van der Waals surface area contributed by atoms with Crippen molar-refractivity contribution in [1.29, 1.82) is 0 Å². The maximum atomic E-state index is 13.0. The average molecular weight is 460 g/mol. The molecule has 1 aromatic rings. The van der Waals surface area contributed by atoms with Gasteiger partial charge in [0.1, 0.15) is 6.73 Å². The van der Waals surface area contributed by atoms with E-state index in [1.165, 1.54) is 4.90 Å². The van der Waals surface area contributed by atoms with Gasteiger partial charge in [0, 0.05) is 34.2 Å². The van der Waals surface area contributed by atoms with E-state index in [-0.39, 0.29) is 18.7 Å². The predicted molar refractivity (Wildman–Crippen MR) is 128 cm³/mol. The lowest BCUT2D eigenvalue weighted by molar-refractivity contribution is -0.135. The summed E-state index contributed by atoms with van der Waals surface area (Å²) in [6.45, 7) is 16.3. The molecule has 176 valence electrons. The van der Waals surface area contributed by atoms with Gasteiger partial charge in [0.2, 0.25) is 5.91 Å². The minimum absolute atomic E-state index is 0.0204. The number of carbonyl (C=O) groups is 2. The highest BCUT2D eigenvalue weighted by atomic mass is 28.3. The van der Waals surface area contributed by atoms with Crippen molar-refractivity contribution in [2.24, 2.45) is 0 Å². The van der Waals surface area contributed by atoms with Crippen molar-refractivity contribution in [2.45, 2.75) is 77.5 Å². The van der Waals surface area contributed by atoms with E-state index in [0.717, 1.165) is 17.1 Å². The van der Waals surface area contributed by atoms with E-state index in [0.29, 0.717) is 26.1 Å². The molecule has 2 heterocycles. The maximum absolute atomic E-state index is 13.0. The number of urea groups is 1. The summed E-state index contributed by atoms with van der Waals surface area (Å²) in [6.07, 6.45) is 0.306. The van der Waals surface area contributed by atoms with Gasteiger partial charge in [-0.3, -0.25) is 4.79 Å². The highest BCUT2D eigenvalue weighted by molar-refractivity contribution is 6.76. The van der Waals surface area contributed by atoms with Gasteiger partial charge in [-0.05, 0) is 44.8 Å². The third-order valence-electron chi connectivity index (χ3n) is 6.46. The summed E-state index contributed by atoms with van der Waals surface area (Å²) in [6, 6.07) is 8.63. The smallest absolute Gasteiger partial charge is 0.399 e. The summed E-state index contributed by atoms with van der Waals surface area (Å²) in [7, 11) is -1.67. The predicted octanol–water partition coefficient (Wildman–Crippen LogP) is 3.45. The molecule has 1 aromatic carbocycles. The minimum atomic E-state index is -1.22. The van der Waals surface area contributed by atoms with Gasteiger partial charge in [0.25, 0.3) is 0 Å². The molecule has 0 N–H and O–H groups in total. The molecule has 0 spiro atoms. The first kappa shape index (κ1) is 25.0. The molecule has 2 aliphatic rings. The molecular formula is C23H37BN2O5Si. The van der Waals surface area contributed by atoms with Gasteiger partial charge >= 0.3 is 13.1 Å².